The Bertz CT molecular complexity index is 709. The molecule has 0 radical (unpaired) electrons. The highest BCUT2D eigenvalue weighted by molar-refractivity contribution is 5.96. The fourth-order valence-electron chi connectivity index (χ4n) is 1.85. The van der Waals surface area contributed by atoms with Gasteiger partial charge < -0.3 is 0 Å². The van der Waals surface area contributed by atoms with Crippen LogP contribution in [-0.4, -0.2) is 12.1 Å². The van der Waals surface area contributed by atoms with Crippen LogP contribution in [0, 0.1) is 6.92 Å². The molecule has 0 aliphatic carbocycles. The van der Waals surface area contributed by atoms with E-state index in [1.165, 1.54) is 18.3 Å². The van der Waals surface area contributed by atoms with E-state index in [0.717, 1.165) is 17.7 Å². The summed E-state index contributed by atoms with van der Waals surface area (Å²) in [6.07, 6.45) is -3.24. The quantitative estimate of drug-likeness (QED) is 0.680. The van der Waals surface area contributed by atoms with Crippen molar-refractivity contribution in [2.75, 3.05) is 0 Å². The number of carbonyl (C=O) groups excluding carboxylic acids is 1. The summed E-state index contributed by atoms with van der Waals surface area (Å²) in [5.74, 6) is -0.415. The van der Waals surface area contributed by atoms with E-state index < -0.39 is 17.6 Å². The molecule has 114 valence electrons. The van der Waals surface area contributed by atoms with Gasteiger partial charge in [-0.1, -0.05) is 30.3 Å². The second-order valence-corrected chi connectivity index (χ2v) is 4.64. The van der Waals surface area contributed by atoms with Crippen molar-refractivity contribution in [1.82, 2.24) is 5.43 Å². The molecule has 0 saturated heterocycles. The minimum atomic E-state index is -4.41. The van der Waals surface area contributed by atoms with E-state index in [1.807, 2.05) is 0 Å². The van der Waals surface area contributed by atoms with E-state index in [2.05, 4.69) is 10.5 Å². The summed E-state index contributed by atoms with van der Waals surface area (Å²) >= 11 is 0. The molecule has 6 heteroatoms. The van der Waals surface area contributed by atoms with Gasteiger partial charge in [0, 0.05) is 5.56 Å². The van der Waals surface area contributed by atoms with Gasteiger partial charge in [-0.3, -0.25) is 4.79 Å². The van der Waals surface area contributed by atoms with Gasteiger partial charge in [-0.2, -0.15) is 18.3 Å². The Morgan fingerprint density at radius 3 is 2.55 bits per heavy atom. The summed E-state index contributed by atoms with van der Waals surface area (Å²) in [7, 11) is 0. The number of aryl methyl sites for hydroxylation is 1. The first-order chi connectivity index (χ1) is 10.4. The maximum Gasteiger partial charge on any atom is 0.416 e. The van der Waals surface area contributed by atoms with Crippen LogP contribution < -0.4 is 5.43 Å². The summed E-state index contributed by atoms with van der Waals surface area (Å²) in [5, 5.41) is 3.69. The van der Waals surface area contributed by atoms with E-state index in [9.17, 15) is 18.0 Å². The maximum absolute atomic E-state index is 12.6. The topological polar surface area (TPSA) is 41.5 Å². The van der Waals surface area contributed by atoms with Gasteiger partial charge in [-0.25, -0.2) is 5.43 Å². The fourth-order valence-corrected chi connectivity index (χ4v) is 1.85. The summed E-state index contributed by atoms with van der Waals surface area (Å²) in [6.45, 7) is 1.78. The summed E-state index contributed by atoms with van der Waals surface area (Å²) < 4.78 is 37.7. The third-order valence-electron chi connectivity index (χ3n) is 2.98. The van der Waals surface area contributed by atoms with Crippen molar-refractivity contribution < 1.29 is 18.0 Å². The summed E-state index contributed by atoms with van der Waals surface area (Å²) in [5.41, 5.74) is 3.03. The molecule has 0 atom stereocenters. The molecule has 22 heavy (non-hydrogen) atoms. The highest BCUT2D eigenvalue weighted by Gasteiger charge is 2.30. The van der Waals surface area contributed by atoms with Crippen molar-refractivity contribution in [3.63, 3.8) is 0 Å². The van der Waals surface area contributed by atoms with Crippen molar-refractivity contribution in [2.45, 2.75) is 13.1 Å². The first-order valence-corrected chi connectivity index (χ1v) is 6.44. The normalized spacial score (nSPS) is 11.6. The second kappa shape index (κ2) is 6.43. The van der Waals surface area contributed by atoms with Crippen LogP contribution in [0.25, 0.3) is 0 Å². The lowest BCUT2D eigenvalue weighted by Crippen LogP contribution is -2.18. The zero-order valence-corrected chi connectivity index (χ0v) is 11.7. The molecule has 0 heterocycles. The third kappa shape index (κ3) is 3.94. The zero-order valence-electron chi connectivity index (χ0n) is 11.7. The highest BCUT2D eigenvalue weighted by atomic mass is 19.4. The first-order valence-electron chi connectivity index (χ1n) is 6.44. The number of hydrazone groups is 1. The average molecular weight is 306 g/mol. The number of amides is 1. The lowest BCUT2D eigenvalue weighted by Gasteiger charge is -2.06. The largest absolute Gasteiger partial charge is 0.416 e. The Hall–Kier alpha value is -2.63. The van der Waals surface area contributed by atoms with Crippen molar-refractivity contribution >= 4 is 12.1 Å². The SMILES string of the molecule is Cc1ccccc1C(=O)N/N=C/c1cccc(C(F)(F)F)c1. The molecule has 2 aromatic carbocycles. The highest BCUT2D eigenvalue weighted by Crippen LogP contribution is 2.29. The van der Waals surface area contributed by atoms with Crippen molar-refractivity contribution in [1.29, 1.82) is 0 Å². The predicted molar refractivity (Wildman–Crippen MR) is 77.7 cm³/mol. The second-order valence-electron chi connectivity index (χ2n) is 4.64. The minimum absolute atomic E-state index is 0.250. The van der Waals surface area contributed by atoms with Crippen molar-refractivity contribution in [3.8, 4) is 0 Å². The van der Waals surface area contributed by atoms with E-state index >= 15 is 0 Å². The van der Waals surface area contributed by atoms with Crippen LogP contribution in [0.2, 0.25) is 0 Å². The standard InChI is InChI=1S/C16H13F3N2O/c1-11-5-2-3-8-14(11)15(22)21-20-10-12-6-4-7-13(9-12)16(17,18)19/h2-10H,1H3,(H,21,22)/b20-10+. The zero-order chi connectivity index (χ0) is 16.2. The average Bonchev–Trinajstić information content (AvgIpc) is 2.47. The van der Waals surface area contributed by atoms with Crippen LogP contribution in [-0.2, 0) is 6.18 Å². The number of benzene rings is 2. The van der Waals surface area contributed by atoms with Crippen LogP contribution in [0.5, 0.6) is 0 Å². The molecule has 0 fully saturated rings. The number of rotatable bonds is 3. The minimum Gasteiger partial charge on any atom is -0.267 e. The van der Waals surface area contributed by atoms with Gasteiger partial charge >= 0.3 is 6.18 Å². The van der Waals surface area contributed by atoms with E-state index in [4.69, 9.17) is 0 Å². The molecule has 0 aliphatic rings. The molecule has 3 nitrogen and oxygen atoms in total. The number of carbonyl (C=O) groups is 1. The molecule has 2 rings (SSSR count). The molecular formula is C16H13F3N2O. The molecule has 1 amide bonds. The number of alkyl halides is 3. The summed E-state index contributed by atoms with van der Waals surface area (Å²) in [6, 6.07) is 11.6. The number of hydrogen-bond acceptors (Lipinski definition) is 2. The van der Waals surface area contributed by atoms with Gasteiger partial charge in [-0.05, 0) is 36.2 Å². The number of halogens is 3. The molecular weight excluding hydrogens is 293 g/mol. The Morgan fingerprint density at radius 2 is 1.86 bits per heavy atom. The van der Waals surface area contributed by atoms with Crippen LogP contribution in [0.15, 0.2) is 53.6 Å². The smallest absolute Gasteiger partial charge is 0.267 e. The molecule has 2 aromatic rings. The van der Waals surface area contributed by atoms with Gasteiger partial charge in [0.1, 0.15) is 0 Å². The Balaban J connectivity index is 2.07. The first kappa shape index (κ1) is 15.8. The van der Waals surface area contributed by atoms with Gasteiger partial charge in [0.15, 0.2) is 0 Å². The van der Waals surface area contributed by atoms with E-state index in [1.54, 1.807) is 31.2 Å². The van der Waals surface area contributed by atoms with Crippen LogP contribution in [0.4, 0.5) is 13.2 Å². The molecule has 0 spiro atoms. The predicted octanol–water partition coefficient (Wildman–Crippen LogP) is 3.78. The number of nitrogens with one attached hydrogen (secondary N) is 1. The molecule has 0 aliphatic heterocycles. The Kier molecular flexibility index (Phi) is 4.60. The number of hydrogen-bond donors (Lipinski definition) is 1. The van der Waals surface area contributed by atoms with E-state index in [-0.39, 0.29) is 5.56 Å². The molecule has 1 N–H and O–H groups in total. The number of nitrogens with zero attached hydrogens (tertiary/aromatic N) is 1. The molecule has 0 unspecified atom stereocenters. The van der Waals surface area contributed by atoms with Gasteiger partial charge in [0.25, 0.3) is 5.91 Å². The van der Waals surface area contributed by atoms with Crippen LogP contribution >= 0.6 is 0 Å². The lowest BCUT2D eigenvalue weighted by atomic mass is 10.1. The molecule has 0 aromatic heterocycles. The van der Waals surface area contributed by atoms with Crippen molar-refractivity contribution in [3.05, 3.63) is 70.8 Å². The van der Waals surface area contributed by atoms with Gasteiger partial charge in [-0.15, -0.1) is 0 Å². The van der Waals surface area contributed by atoms with Gasteiger partial charge in [0.05, 0.1) is 11.8 Å². The van der Waals surface area contributed by atoms with Gasteiger partial charge in [0.2, 0.25) is 0 Å². The lowest BCUT2D eigenvalue weighted by molar-refractivity contribution is -0.137. The Morgan fingerprint density at radius 1 is 1.14 bits per heavy atom. The molecule has 0 bridgehead atoms. The van der Waals surface area contributed by atoms with Crippen LogP contribution in [0.3, 0.4) is 0 Å². The monoisotopic (exact) mass is 306 g/mol. The Labute approximate surface area is 125 Å². The molecule has 0 saturated carbocycles. The summed E-state index contributed by atoms with van der Waals surface area (Å²) in [4.78, 5) is 11.9. The maximum atomic E-state index is 12.6. The van der Waals surface area contributed by atoms with E-state index in [0.29, 0.717) is 5.56 Å². The van der Waals surface area contributed by atoms with Crippen molar-refractivity contribution in [2.24, 2.45) is 5.10 Å². The fraction of sp³-hybridized carbons (Fsp3) is 0.125. The third-order valence-corrected chi connectivity index (χ3v) is 2.98. The van der Waals surface area contributed by atoms with Crippen LogP contribution in [0.1, 0.15) is 27.0 Å².